The van der Waals surface area contributed by atoms with E-state index in [1.807, 2.05) is 17.5 Å². The molecule has 0 N–H and O–H groups in total. The number of benzene rings is 1. The van der Waals surface area contributed by atoms with Gasteiger partial charge in [-0.2, -0.15) is 0 Å². The molecule has 0 bridgehead atoms. The number of esters is 1. The third-order valence-electron chi connectivity index (χ3n) is 4.31. The number of nitrogens with zero attached hydrogens (tertiary/aromatic N) is 1. The molecule has 4 rings (SSSR count). The second-order valence-electron chi connectivity index (χ2n) is 5.99. The van der Waals surface area contributed by atoms with Crippen molar-refractivity contribution in [3.63, 3.8) is 0 Å². The summed E-state index contributed by atoms with van der Waals surface area (Å²) < 4.78 is 15.6. The predicted octanol–water partition coefficient (Wildman–Crippen LogP) is 2.62. The summed E-state index contributed by atoms with van der Waals surface area (Å²) in [6.45, 7) is 1.21. The lowest BCUT2D eigenvalue weighted by molar-refractivity contribution is -0.148. The Morgan fingerprint density at radius 3 is 3.04 bits per heavy atom. The third kappa shape index (κ3) is 3.57. The summed E-state index contributed by atoms with van der Waals surface area (Å²) in [6, 6.07) is 7.42. The van der Waals surface area contributed by atoms with Gasteiger partial charge < -0.3 is 19.1 Å². The minimum Gasteiger partial charge on any atom is -0.454 e. The molecule has 0 aliphatic carbocycles. The maximum atomic E-state index is 12.2. The van der Waals surface area contributed by atoms with Crippen molar-refractivity contribution in [1.29, 1.82) is 0 Å². The Balaban J connectivity index is 1.28. The molecule has 6 nitrogen and oxygen atoms in total. The number of thiophene rings is 1. The van der Waals surface area contributed by atoms with Gasteiger partial charge in [0, 0.05) is 24.0 Å². The molecular weight excluding hydrogens is 354 g/mol. The van der Waals surface area contributed by atoms with E-state index in [-0.39, 0.29) is 19.3 Å². The van der Waals surface area contributed by atoms with Gasteiger partial charge in [0.2, 0.25) is 6.79 Å². The molecule has 0 saturated heterocycles. The van der Waals surface area contributed by atoms with Crippen LogP contribution in [0, 0.1) is 0 Å². The van der Waals surface area contributed by atoms with E-state index in [4.69, 9.17) is 14.2 Å². The van der Waals surface area contributed by atoms with Gasteiger partial charge >= 0.3 is 5.97 Å². The molecule has 2 aliphatic heterocycles. The van der Waals surface area contributed by atoms with E-state index in [1.54, 1.807) is 34.4 Å². The van der Waals surface area contributed by atoms with Crippen LogP contribution in [0.4, 0.5) is 0 Å². The van der Waals surface area contributed by atoms with Gasteiger partial charge in [0.25, 0.3) is 5.91 Å². The van der Waals surface area contributed by atoms with Crippen molar-refractivity contribution in [3.05, 3.63) is 51.7 Å². The van der Waals surface area contributed by atoms with Crippen molar-refractivity contribution in [1.82, 2.24) is 4.90 Å². The summed E-state index contributed by atoms with van der Waals surface area (Å²) in [7, 11) is 0. The number of hydrogen-bond donors (Lipinski definition) is 0. The fourth-order valence-corrected chi connectivity index (χ4v) is 3.80. The van der Waals surface area contributed by atoms with Crippen molar-refractivity contribution in [2.24, 2.45) is 0 Å². The first-order valence-corrected chi connectivity index (χ1v) is 9.14. The van der Waals surface area contributed by atoms with Crippen LogP contribution in [0.25, 0.3) is 6.08 Å². The zero-order valence-corrected chi connectivity index (χ0v) is 14.8. The Labute approximate surface area is 154 Å². The first-order valence-electron chi connectivity index (χ1n) is 8.26. The maximum absolute atomic E-state index is 12.2. The van der Waals surface area contributed by atoms with Gasteiger partial charge in [-0.05, 0) is 47.2 Å². The van der Waals surface area contributed by atoms with Gasteiger partial charge in [-0.1, -0.05) is 6.07 Å². The smallest absolute Gasteiger partial charge is 0.331 e. The Morgan fingerprint density at radius 2 is 2.12 bits per heavy atom. The summed E-state index contributed by atoms with van der Waals surface area (Å²) in [5, 5.41) is 2.04. The van der Waals surface area contributed by atoms with Crippen LogP contribution in [-0.4, -0.2) is 36.7 Å². The van der Waals surface area contributed by atoms with Crippen LogP contribution in [0.15, 0.2) is 35.7 Å². The molecule has 0 spiro atoms. The highest BCUT2D eigenvalue weighted by atomic mass is 32.1. The topological polar surface area (TPSA) is 65.1 Å². The van der Waals surface area contributed by atoms with Gasteiger partial charge in [-0.15, -0.1) is 11.3 Å². The molecule has 7 heteroatoms. The molecule has 1 aromatic carbocycles. The minimum atomic E-state index is -0.552. The minimum absolute atomic E-state index is 0.174. The van der Waals surface area contributed by atoms with Crippen LogP contribution < -0.4 is 9.47 Å². The number of rotatable bonds is 4. The molecule has 0 radical (unpaired) electrons. The molecule has 1 aromatic heterocycles. The normalized spacial score (nSPS) is 15.2. The van der Waals surface area contributed by atoms with Crippen molar-refractivity contribution in [3.8, 4) is 11.5 Å². The van der Waals surface area contributed by atoms with E-state index in [0.717, 1.165) is 12.0 Å². The van der Waals surface area contributed by atoms with Crippen LogP contribution in [0.1, 0.15) is 16.0 Å². The Morgan fingerprint density at radius 1 is 1.23 bits per heavy atom. The zero-order chi connectivity index (χ0) is 17.9. The first-order chi connectivity index (χ1) is 12.7. The van der Waals surface area contributed by atoms with E-state index >= 15 is 0 Å². The van der Waals surface area contributed by atoms with Crippen molar-refractivity contribution >= 4 is 29.3 Å². The monoisotopic (exact) mass is 371 g/mol. The molecule has 26 heavy (non-hydrogen) atoms. The van der Waals surface area contributed by atoms with E-state index in [0.29, 0.717) is 24.6 Å². The SMILES string of the molecule is O=C(/C=C/c1ccc2c(c1)OCO2)OCC(=O)N1CCc2sccc2C1. The largest absolute Gasteiger partial charge is 0.454 e. The van der Waals surface area contributed by atoms with Gasteiger partial charge in [0.15, 0.2) is 18.1 Å². The summed E-state index contributed by atoms with van der Waals surface area (Å²) in [4.78, 5) is 27.2. The molecule has 2 aliphatic rings. The highest BCUT2D eigenvalue weighted by Crippen LogP contribution is 2.32. The highest BCUT2D eigenvalue weighted by molar-refractivity contribution is 7.10. The first kappa shape index (κ1) is 16.7. The van der Waals surface area contributed by atoms with Crippen LogP contribution >= 0.6 is 11.3 Å². The Hall–Kier alpha value is -2.80. The molecule has 0 saturated carbocycles. The molecule has 134 valence electrons. The quantitative estimate of drug-likeness (QED) is 0.611. The Bertz CT molecular complexity index is 873. The number of carbonyl (C=O) groups excluding carboxylic acids is 2. The van der Waals surface area contributed by atoms with Gasteiger partial charge in [0.1, 0.15) is 0 Å². The lowest BCUT2D eigenvalue weighted by Crippen LogP contribution is -2.38. The zero-order valence-electron chi connectivity index (χ0n) is 14.0. The summed E-state index contributed by atoms with van der Waals surface area (Å²) in [5.74, 6) is 0.607. The number of amides is 1. The van der Waals surface area contributed by atoms with Crippen LogP contribution in [-0.2, 0) is 27.3 Å². The third-order valence-corrected chi connectivity index (χ3v) is 5.33. The van der Waals surface area contributed by atoms with Crippen molar-refractivity contribution in [2.75, 3.05) is 19.9 Å². The summed E-state index contributed by atoms with van der Waals surface area (Å²) in [6.07, 6.45) is 3.78. The average Bonchev–Trinajstić information content (AvgIpc) is 3.32. The van der Waals surface area contributed by atoms with E-state index in [1.165, 1.54) is 16.5 Å². The highest BCUT2D eigenvalue weighted by Gasteiger charge is 2.22. The molecular formula is C19H17NO5S. The number of fused-ring (bicyclic) bond motifs is 2. The van der Waals surface area contributed by atoms with Crippen molar-refractivity contribution in [2.45, 2.75) is 13.0 Å². The summed E-state index contributed by atoms with van der Waals surface area (Å²) in [5.41, 5.74) is 1.97. The standard InChI is InChI=1S/C19H17NO5S/c21-18(20-7-5-17-14(10-20)6-8-26-17)11-23-19(22)4-2-13-1-3-15-16(9-13)25-12-24-15/h1-4,6,8-9H,5,7,10-12H2/b4-2+. The Kier molecular flexibility index (Phi) is 4.62. The fraction of sp³-hybridized carbons (Fsp3) is 0.263. The fourth-order valence-electron chi connectivity index (χ4n) is 2.91. The second-order valence-corrected chi connectivity index (χ2v) is 6.99. The number of hydrogen-bond acceptors (Lipinski definition) is 6. The molecule has 3 heterocycles. The maximum Gasteiger partial charge on any atom is 0.331 e. The second kappa shape index (κ2) is 7.21. The number of ether oxygens (including phenoxy) is 3. The van der Waals surface area contributed by atoms with Crippen LogP contribution in [0.5, 0.6) is 11.5 Å². The lowest BCUT2D eigenvalue weighted by Gasteiger charge is -2.26. The molecule has 0 fully saturated rings. The lowest BCUT2D eigenvalue weighted by atomic mass is 10.1. The van der Waals surface area contributed by atoms with Crippen LogP contribution in [0.3, 0.4) is 0 Å². The molecule has 0 atom stereocenters. The van der Waals surface area contributed by atoms with Gasteiger partial charge in [-0.25, -0.2) is 4.79 Å². The predicted molar refractivity (Wildman–Crippen MR) is 96.0 cm³/mol. The van der Waals surface area contributed by atoms with Crippen molar-refractivity contribution < 1.29 is 23.8 Å². The molecule has 0 unspecified atom stereocenters. The molecule has 2 aromatic rings. The van der Waals surface area contributed by atoms with Crippen LogP contribution in [0.2, 0.25) is 0 Å². The van der Waals surface area contributed by atoms with E-state index < -0.39 is 5.97 Å². The average molecular weight is 371 g/mol. The van der Waals surface area contributed by atoms with Gasteiger partial charge in [-0.3, -0.25) is 4.79 Å². The molecule has 1 amide bonds. The summed E-state index contributed by atoms with van der Waals surface area (Å²) >= 11 is 1.72. The number of carbonyl (C=O) groups is 2. The van der Waals surface area contributed by atoms with E-state index in [2.05, 4.69) is 0 Å². The van der Waals surface area contributed by atoms with Gasteiger partial charge in [0.05, 0.1) is 0 Å². The van der Waals surface area contributed by atoms with E-state index in [9.17, 15) is 9.59 Å².